The lowest BCUT2D eigenvalue weighted by Gasteiger charge is -2.24. The van der Waals surface area contributed by atoms with Crippen molar-refractivity contribution in [1.82, 2.24) is 4.90 Å². The summed E-state index contributed by atoms with van der Waals surface area (Å²) in [7, 11) is 1.33. The largest absolute Gasteiger partial charge is 0.479 e. The molecule has 0 aliphatic rings. The number of carbonyl (C=O) groups is 2. The Labute approximate surface area is 132 Å². The van der Waals surface area contributed by atoms with E-state index in [0.717, 1.165) is 22.6 Å². The van der Waals surface area contributed by atoms with Crippen LogP contribution in [-0.4, -0.2) is 29.1 Å². The quantitative estimate of drug-likeness (QED) is 0.919. The molecule has 0 aliphatic carbocycles. The van der Waals surface area contributed by atoms with Crippen LogP contribution in [0.25, 0.3) is 0 Å². The summed E-state index contributed by atoms with van der Waals surface area (Å²) >= 11 is 0. The van der Waals surface area contributed by atoms with Crippen LogP contribution in [0.5, 0.6) is 0 Å². The molecule has 1 amide bonds. The summed E-state index contributed by atoms with van der Waals surface area (Å²) in [5, 5.41) is 9.36. The van der Waals surface area contributed by atoms with Gasteiger partial charge in [-0.1, -0.05) is 42.5 Å². The van der Waals surface area contributed by atoms with Gasteiger partial charge in [0.05, 0.1) is 0 Å². The predicted octanol–water partition coefficient (Wildman–Crippen LogP) is 3.22. The number of amides is 1. The van der Waals surface area contributed by atoms with Crippen molar-refractivity contribution in [1.29, 1.82) is 0 Å². The first kappa shape index (κ1) is 16.5. The van der Waals surface area contributed by atoms with E-state index in [1.54, 1.807) is 12.1 Å². The van der Waals surface area contributed by atoms with Crippen LogP contribution in [0.15, 0.2) is 54.6 Å². The van der Waals surface area contributed by atoms with Crippen LogP contribution < -0.4 is 0 Å². The Morgan fingerprint density at radius 1 is 1.13 bits per heavy atom. The average molecular weight is 317 g/mol. The lowest BCUT2D eigenvalue weighted by atomic mass is 10.1. The van der Waals surface area contributed by atoms with Crippen LogP contribution in [-0.2, 0) is 16.1 Å². The number of benzene rings is 2. The van der Waals surface area contributed by atoms with Crippen molar-refractivity contribution in [2.45, 2.75) is 12.6 Å². The van der Waals surface area contributed by atoms with Gasteiger partial charge in [-0.3, -0.25) is 4.90 Å². The molecule has 0 saturated carbocycles. The highest BCUT2D eigenvalue weighted by Crippen LogP contribution is 2.21. The van der Waals surface area contributed by atoms with Crippen LogP contribution in [0.4, 0.5) is 9.18 Å². The zero-order chi connectivity index (χ0) is 16.8. The van der Waals surface area contributed by atoms with E-state index in [2.05, 4.69) is 0 Å². The van der Waals surface area contributed by atoms with Gasteiger partial charge in [0.25, 0.3) is 0 Å². The van der Waals surface area contributed by atoms with E-state index in [1.165, 1.54) is 19.2 Å². The Morgan fingerprint density at radius 3 is 2.30 bits per heavy atom. The van der Waals surface area contributed by atoms with Crippen molar-refractivity contribution >= 4 is 12.1 Å². The molecule has 2 aromatic rings. The molecule has 6 heteroatoms. The second-order valence-corrected chi connectivity index (χ2v) is 4.94. The van der Waals surface area contributed by atoms with Crippen molar-refractivity contribution in [3.8, 4) is 0 Å². The van der Waals surface area contributed by atoms with Crippen molar-refractivity contribution in [3.05, 3.63) is 71.5 Å². The summed E-state index contributed by atoms with van der Waals surface area (Å²) in [6.45, 7) is 0.0414. The van der Waals surface area contributed by atoms with E-state index >= 15 is 0 Å². The Hall–Kier alpha value is -2.89. The van der Waals surface area contributed by atoms with Gasteiger partial charge in [-0.25, -0.2) is 14.0 Å². The van der Waals surface area contributed by atoms with Gasteiger partial charge in [0.15, 0.2) is 6.04 Å². The summed E-state index contributed by atoms with van der Waals surface area (Å²) < 4.78 is 18.1. The van der Waals surface area contributed by atoms with Crippen LogP contribution in [0, 0.1) is 5.82 Å². The number of likely N-dealkylation sites (N-methyl/N-ethyl adjacent to an activating group) is 1. The highest BCUT2D eigenvalue weighted by Gasteiger charge is 2.29. The molecule has 0 aromatic heterocycles. The van der Waals surface area contributed by atoms with E-state index < -0.39 is 23.9 Å². The van der Waals surface area contributed by atoms with Crippen LogP contribution in [0.3, 0.4) is 0 Å². The Kier molecular flexibility index (Phi) is 5.30. The molecule has 0 aliphatic heterocycles. The van der Waals surface area contributed by atoms with E-state index in [4.69, 9.17) is 4.74 Å². The van der Waals surface area contributed by atoms with Crippen LogP contribution >= 0.6 is 0 Å². The fourth-order valence-electron chi connectivity index (χ4n) is 2.10. The highest BCUT2D eigenvalue weighted by atomic mass is 19.1. The molecule has 120 valence electrons. The van der Waals surface area contributed by atoms with E-state index in [0.29, 0.717) is 0 Å². The predicted molar refractivity (Wildman–Crippen MR) is 81.2 cm³/mol. The second-order valence-electron chi connectivity index (χ2n) is 4.94. The molecule has 0 bridgehead atoms. The van der Waals surface area contributed by atoms with Gasteiger partial charge in [-0.15, -0.1) is 0 Å². The van der Waals surface area contributed by atoms with Crippen LogP contribution in [0.1, 0.15) is 17.2 Å². The number of ether oxygens (including phenoxy) is 1. The molecular formula is C17H16FNO4. The van der Waals surface area contributed by atoms with E-state index in [-0.39, 0.29) is 12.2 Å². The average Bonchev–Trinajstić information content (AvgIpc) is 2.55. The Balaban J connectivity index is 2.08. The maximum absolute atomic E-state index is 13.0. The van der Waals surface area contributed by atoms with Gasteiger partial charge in [-0.05, 0) is 23.3 Å². The first-order valence-corrected chi connectivity index (χ1v) is 6.91. The number of carboxylic acids is 1. The number of nitrogens with zero attached hydrogens (tertiary/aromatic N) is 1. The minimum atomic E-state index is -1.25. The molecule has 0 saturated heterocycles. The molecule has 1 atom stereocenters. The Bertz CT molecular complexity index is 673. The van der Waals surface area contributed by atoms with Gasteiger partial charge in [0.1, 0.15) is 12.4 Å². The summed E-state index contributed by atoms with van der Waals surface area (Å²) in [5.41, 5.74) is 1.08. The molecule has 1 N–H and O–H groups in total. The third-order valence-electron chi connectivity index (χ3n) is 3.30. The maximum Gasteiger partial charge on any atom is 0.410 e. The molecule has 0 spiro atoms. The molecule has 2 aromatic carbocycles. The SMILES string of the molecule is CN(C(=O)OCc1ccccc1)C(C(=O)O)c1ccc(F)cc1. The van der Waals surface area contributed by atoms with E-state index in [9.17, 15) is 19.1 Å². The number of aliphatic carboxylic acids is 1. The molecule has 1 unspecified atom stereocenters. The maximum atomic E-state index is 13.0. The number of hydrogen-bond acceptors (Lipinski definition) is 3. The van der Waals surface area contributed by atoms with Crippen molar-refractivity contribution in [2.75, 3.05) is 7.05 Å². The molecule has 0 radical (unpaired) electrons. The van der Waals surface area contributed by atoms with Gasteiger partial charge < -0.3 is 9.84 Å². The standard InChI is InChI=1S/C17H16FNO4/c1-19(17(22)23-11-12-5-3-2-4-6-12)15(16(20)21)13-7-9-14(18)10-8-13/h2-10,15H,11H2,1H3,(H,20,21). The van der Waals surface area contributed by atoms with Gasteiger partial charge >= 0.3 is 12.1 Å². The number of carbonyl (C=O) groups excluding carboxylic acids is 1. The molecular weight excluding hydrogens is 301 g/mol. The Morgan fingerprint density at radius 2 is 1.74 bits per heavy atom. The topological polar surface area (TPSA) is 66.8 Å². The third kappa shape index (κ3) is 4.29. The lowest BCUT2D eigenvalue weighted by Crippen LogP contribution is -2.36. The number of hydrogen-bond donors (Lipinski definition) is 1. The van der Waals surface area contributed by atoms with E-state index in [1.807, 2.05) is 18.2 Å². The number of carboxylic acid groups (broad SMARTS) is 1. The fraction of sp³-hybridized carbons (Fsp3) is 0.176. The zero-order valence-electron chi connectivity index (χ0n) is 12.5. The molecule has 0 heterocycles. The van der Waals surface area contributed by atoms with Crippen LogP contribution in [0.2, 0.25) is 0 Å². The first-order valence-electron chi connectivity index (χ1n) is 6.91. The molecule has 23 heavy (non-hydrogen) atoms. The summed E-state index contributed by atoms with van der Waals surface area (Å²) in [6.07, 6.45) is -0.773. The summed E-state index contributed by atoms with van der Waals surface area (Å²) in [4.78, 5) is 24.5. The second kappa shape index (κ2) is 7.40. The number of halogens is 1. The lowest BCUT2D eigenvalue weighted by molar-refractivity contribution is -0.142. The van der Waals surface area contributed by atoms with Crippen molar-refractivity contribution in [2.24, 2.45) is 0 Å². The number of rotatable bonds is 5. The smallest absolute Gasteiger partial charge is 0.410 e. The minimum Gasteiger partial charge on any atom is -0.479 e. The first-order chi connectivity index (χ1) is 11.0. The van der Waals surface area contributed by atoms with Gasteiger partial charge in [0, 0.05) is 7.05 Å². The highest BCUT2D eigenvalue weighted by molar-refractivity contribution is 5.81. The summed E-state index contributed by atoms with van der Waals surface area (Å²) in [6, 6.07) is 12.7. The monoisotopic (exact) mass is 317 g/mol. The van der Waals surface area contributed by atoms with Gasteiger partial charge in [-0.2, -0.15) is 0 Å². The molecule has 5 nitrogen and oxygen atoms in total. The van der Waals surface area contributed by atoms with Gasteiger partial charge in [0.2, 0.25) is 0 Å². The zero-order valence-corrected chi connectivity index (χ0v) is 12.5. The molecule has 0 fully saturated rings. The third-order valence-corrected chi connectivity index (χ3v) is 3.30. The van der Waals surface area contributed by atoms with Crippen molar-refractivity contribution < 1.29 is 23.8 Å². The van der Waals surface area contributed by atoms with Crippen molar-refractivity contribution in [3.63, 3.8) is 0 Å². The molecule has 2 rings (SSSR count). The fourth-order valence-corrected chi connectivity index (χ4v) is 2.10. The normalized spacial score (nSPS) is 11.6. The minimum absolute atomic E-state index is 0.0414. The summed E-state index contributed by atoms with van der Waals surface area (Å²) in [5.74, 6) is -1.71.